The van der Waals surface area contributed by atoms with E-state index in [9.17, 15) is 24.3 Å². The highest BCUT2D eigenvalue weighted by atomic mass is 16.3. The van der Waals surface area contributed by atoms with Gasteiger partial charge in [0.15, 0.2) is 0 Å². The van der Waals surface area contributed by atoms with Crippen LogP contribution in [0.3, 0.4) is 0 Å². The monoisotopic (exact) mass is 794 g/mol. The number of para-hydroxylation sites is 1. The van der Waals surface area contributed by atoms with E-state index in [-0.39, 0.29) is 68.4 Å². The van der Waals surface area contributed by atoms with Crippen molar-refractivity contribution in [1.82, 2.24) is 39.2 Å². The van der Waals surface area contributed by atoms with Crippen molar-refractivity contribution in [3.8, 4) is 5.75 Å². The third-order valence-electron chi connectivity index (χ3n) is 11.7. The Morgan fingerprint density at radius 2 is 1.64 bits per heavy atom. The fourth-order valence-electron chi connectivity index (χ4n) is 8.83. The summed E-state index contributed by atoms with van der Waals surface area (Å²) >= 11 is 0. The summed E-state index contributed by atoms with van der Waals surface area (Å²) in [5.41, 5.74) is 5.11. The Kier molecular flexibility index (Phi) is 11.6. The minimum Gasteiger partial charge on any atom is -0.508 e. The first kappa shape index (κ1) is 39.5. The van der Waals surface area contributed by atoms with Gasteiger partial charge in [-0.2, -0.15) is 0 Å². The van der Waals surface area contributed by atoms with Crippen LogP contribution in [-0.2, 0) is 47.4 Å². The van der Waals surface area contributed by atoms with Crippen LogP contribution in [0.15, 0.2) is 116 Å². The van der Waals surface area contributed by atoms with Crippen LogP contribution in [-0.4, -0.2) is 126 Å². The van der Waals surface area contributed by atoms with Crippen molar-refractivity contribution >= 4 is 34.5 Å². The van der Waals surface area contributed by atoms with Crippen LogP contribution in [0.2, 0.25) is 0 Å². The van der Waals surface area contributed by atoms with E-state index in [1.165, 1.54) is 0 Å². The van der Waals surface area contributed by atoms with E-state index in [4.69, 9.17) is 0 Å². The number of aromatic nitrogens is 2. The number of carbonyl (C=O) groups excluding carboxylic acids is 4. The summed E-state index contributed by atoms with van der Waals surface area (Å²) in [6, 6.07) is 27.3. The number of rotatable bonds is 12. The zero-order valence-corrected chi connectivity index (χ0v) is 33.4. The van der Waals surface area contributed by atoms with E-state index in [0.29, 0.717) is 25.1 Å². The normalized spacial score (nSPS) is 19.0. The number of phenols is 1. The van der Waals surface area contributed by atoms with Crippen molar-refractivity contribution in [1.29, 1.82) is 0 Å². The fraction of sp³-hybridized carbons (Fsp3) is 0.326. The van der Waals surface area contributed by atoms with Crippen LogP contribution in [0.4, 0.5) is 0 Å². The predicted molar refractivity (Wildman–Crippen MR) is 223 cm³/mol. The van der Waals surface area contributed by atoms with Crippen molar-refractivity contribution in [3.05, 3.63) is 144 Å². The van der Waals surface area contributed by atoms with Crippen molar-refractivity contribution in [2.75, 3.05) is 45.8 Å². The molecule has 1 N–H and O–H groups in total. The quantitative estimate of drug-likeness (QED) is 0.186. The van der Waals surface area contributed by atoms with E-state index in [1.54, 1.807) is 56.4 Å². The molecule has 2 atom stereocenters. The van der Waals surface area contributed by atoms with Crippen molar-refractivity contribution in [2.24, 2.45) is 7.05 Å². The van der Waals surface area contributed by atoms with Gasteiger partial charge in [-0.25, -0.2) is 10.0 Å². The summed E-state index contributed by atoms with van der Waals surface area (Å²) in [5, 5.41) is 14.2. The second-order valence-corrected chi connectivity index (χ2v) is 15.6. The van der Waals surface area contributed by atoms with Crippen molar-refractivity contribution in [2.45, 2.75) is 44.6 Å². The first-order valence-corrected chi connectivity index (χ1v) is 20.3. The summed E-state index contributed by atoms with van der Waals surface area (Å²) in [5.74, 6) is -0.560. The Morgan fingerprint density at radius 3 is 2.37 bits per heavy atom. The molecule has 0 aliphatic carbocycles. The molecule has 3 aromatic carbocycles. The molecule has 13 heteroatoms. The molecule has 8 rings (SSSR count). The zero-order valence-electron chi connectivity index (χ0n) is 33.4. The molecule has 13 nitrogen and oxygen atoms in total. The molecule has 0 unspecified atom stereocenters. The van der Waals surface area contributed by atoms with Gasteiger partial charge in [-0.05, 0) is 47.4 Å². The van der Waals surface area contributed by atoms with Gasteiger partial charge in [0, 0.05) is 83.5 Å². The molecule has 3 fully saturated rings. The number of hydrogen-bond acceptors (Lipinski definition) is 8. The van der Waals surface area contributed by atoms with Gasteiger partial charge >= 0.3 is 0 Å². The van der Waals surface area contributed by atoms with Crippen LogP contribution < -0.4 is 0 Å². The Balaban J connectivity index is 1.08. The maximum Gasteiger partial charge on any atom is 0.256 e. The van der Waals surface area contributed by atoms with E-state index in [1.807, 2.05) is 89.4 Å². The highest BCUT2D eigenvalue weighted by Gasteiger charge is 2.51. The number of nitrogens with zero attached hydrogens (tertiary/aromatic N) is 8. The smallest absolute Gasteiger partial charge is 0.256 e. The largest absolute Gasteiger partial charge is 0.508 e. The minimum absolute atomic E-state index is 0.0310. The van der Waals surface area contributed by atoms with Gasteiger partial charge in [-0.1, -0.05) is 72.8 Å². The summed E-state index contributed by atoms with van der Waals surface area (Å²) < 4.78 is 1.96. The maximum absolute atomic E-state index is 14.8. The van der Waals surface area contributed by atoms with Gasteiger partial charge in [0.25, 0.3) is 5.91 Å². The lowest BCUT2D eigenvalue weighted by Crippen LogP contribution is -2.75. The number of fused-ring (bicyclic) bond motifs is 2. The highest BCUT2D eigenvalue weighted by molar-refractivity contribution is 6.07. The van der Waals surface area contributed by atoms with Gasteiger partial charge in [0.1, 0.15) is 18.0 Å². The van der Waals surface area contributed by atoms with Gasteiger partial charge in [0.2, 0.25) is 17.7 Å². The number of aromatic hydroxyl groups is 1. The van der Waals surface area contributed by atoms with E-state index >= 15 is 0 Å². The molecule has 0 bridgehead atoms. The number of hydrogen-bond donors (Lipinski definition) is 1. The first-order valence-electron chi connectivity index (χ1n) is 20.3. The van der Waals surface area contributed by atoms with E-state index in [0.717, 1.165) is 52.9 Å². The Labute approximate surface area is 344 Å². The lowest BCUT2D eigenvalue weighted by molar-refractivity contribution is -0.205. The van der Waals surface area contributed by atoms with E-state index in [2.05, 4.69) is 16.5 Å². The highest BCUT2D eigenvalue weighted by Crippen LogP contribution is 2.32. The van der Waals surface area contributed by atoms with Crippen LogP contribution in [0, 0.1) is 0 Å². The summed E-state index contributed by atoms with van der Waals surface area (Å²) in [4.78, 5) is 69.3. The molecule has 0 radical (unpaired) electrons. The molecule has 59 heavy (non-hydrogen) atoms. The van der Waals surface area contributed by atoms with Gasteiger partial charge in [-0.15, -0.1) is 6.58 Å². The topological polar surface area (TPSA) is 126 Å². The van der Waals surface area contributed by atoms with Crippen LogP contribution in [0.5, 0.6) is 5.75 Å². The number of aryl methyl sites for hydroxylation is 2. The van der Waals surface area contributed by atoms with Gasteiger partial charge < -0.3 is 24.4 Å². The molecule has 4 amide bonds. The number of amides is 4. The number of phenolic OH excluding ortho intramolecular Hbond substituents is 1. The Morgan fingerprint density at radius 1 is 0.881 bits per heavy atom. The average molecular weight is 795 g/mol. The van der Waals surface area contributed by atoms with Crippen molar-refractivity contribution in [3.63, 3.8) is 0 Å². The minimum atomic E-state index is -0.901. The fourth-order valence-corrected chi connectivity index (χ4v) is 8.83. The number of hydrazine groups is 1. The number of benzene rings is 3. The molecular formula is C46H50N8O5. The standard InChI is InChI=1S/C46H50N8O5/c1-3-22-52-32-43(57)53-40(27-34-15-18-37(55)19-16-34)46(59)51(31-41(53)54(52)42(56)20-17-33-10-5-4-6-11-33)28-35-12-9-14-38-39(30-48(2)44(35)38)45(58)50-25-23-49(24-26-50)29-36-13-7-8-21-47-36/h3-16,18-19,21,30,40-41,55H,1,17,20,22-29,31-32H2,2H3/t40-,41-/m0/s1. The van der Waals surface area contributed by atoms with Crippen LogP contribution >= 0.6 is 0 Å². The maximum atomic E-state index is 14.8. The molecule has 0 spiro atoms. The molecule has 304 valence electrons. The predicted octanol–water partition coefficient (Wildman–Crippen LogP) is 4.22. The lowest BCUT2D eigenvalue weighted by atomic mass is 9.97. The molecule has 5 heterocycles. The Hall–Kier alpha value is -6.31. The average Bonchev–Trinajstić information content (AvgIpc) is 3.59. The third kappa shape index (κ3) is 8.34. The van der Waals surface area contributed by atoms with Crippen LogP contribution in [0.1, 0.15) is 39.2 Å². The third-order valence-corrected chi connectivity index (χ3v) is 11.7. The molecule has 3 aliphatic heterocycles. The summed E-state index contributed by atoms with van der Waals surface area (Å²) in [7, 11) is 1.92. The zero-order chi connectivity index (χ0) is 41.0. The van der Waals surface area contributed by atoms with Crippen LogP contribution in [0.25, 0.3) is 10.9 Å². The number of carbonyl (C=O) groups is 4. The first-order chi connectivity index (χ1) is 28.7. The second-order valence-electron chi connectivity index (χ2n) is 15.6. The lowest BCUT2D eigenvalue weighted by Gasteiger charge is -2.55. The SMILES string of the molecule is C=CCN1CC(=O)N2[C@@H](Cc3ccc(O)cc3)C(=O)N(Cc3cccc4c(C(=O)N5CCN(Cc6ccccn6)CC5)cn(C)c34)C[C@@H]2N1C(=O)CCc1ccccc1. The number of piperazine rings is 2. The summed E-state index contributed by atoms with van der Waals surface area (Å²) in [6.45, 7) is 7.85. The van der Waals surface area contributed by atoms with Gasteiger partial charge in [0.05, 0.1) is 29.9 Å². The molecule has 5 aromatic rings. The van der Waals surface area contributed by atoms with Crippen molar-refractivity contribution < 1.29 is 24.3 Å². The second kappa shape index (κ2) is 17.3. The Bertz CT molecular complexity index is 2320. The molecule has 3 aliphatic rings. The molecule has 3 saturated heterocycles. The molecule has 2 aromatic heterocycles. The van der Waals surface area contributed by atoms with E-state index < -0.39 is 12.2 Å². The molecular weight excluding hydrogens is 745 g/mol. The summed E-state index contributed by atoms with van der Waals surface area (Å²) in [6.07, 6.45) is 5.53. The molecule has 0 saturated carbocycles. The van der Waals surface area contributed by atoms with Gasteiger partial charge in [-0.3, -0.25) is 29.1 Å². The number of pyridine rings is 1.